The predicted octanol–water partition coefficient (Wildman–Crippen LogP) is 7.30. The van der Waals surface area contributed by atoms with E-state index < -0.39 is 17.8 Å². The number of carbonyl (C=O) groups is 1. The number of hydrogen-bond donors (Lipinski definition) is 3. The number of carbonyl (C=O) groups excluding carboxylic acids is 1. The van der Waals surface area contributed by atoms with E-state index in [4.69, 9.17) is 9.72 Å². The monoisotopic (exact) mass is 605 g/mol. The van der Waals surface area contributed by atoms with Gasteiger partial charge in [0.15, 0.2) is 0 Å². The summed E-state index contributed by atoms with van der Waals surface area (Å²) in [5, 5.41) is 10.3. The van der Waals surface area contributed by atoms with Crippen molar-refractivity contribution in [3.8, 4) is 11.1 Å². The normalized spacial score (nSPS) is 13.6. The second-order valence-electron chi connectivity index (χ2n) is 9.87. The number of urea groups is 1. The SMILES string of the molecule is Cc1ccc(NC(=O)Nc2cccc(-c3csc4cnc(Nc5ccc(N6CCOCC6)nc5)nc34)c2)cc1C(F)(F)F. The molecule has 0 spiro atoms. The number of fused-ring (bicyclic) bond motifs is 1. The topological polar surface area (TPSA) is 104 Å². The van der Waals surface area contributed by atoms with Crippen LogP contribution in [-0.4, -0.2) is 47.3 Å². The summed E-state index contributed by atoms with van der Waals surface area (Å²) >= 11 is 1.50. The molecular formula is C30H26F3N7O2S. The maximum Gasteiger partial charge on any atom is 0.416 e. The summed E-state index contributed by atoms with van der Waals surface area (Å²) in [6.07, 6.45) is -1.02. The van der Waals surface area contributed by atoms with Crippen LogP contribution in [0.4, 0.5) is 46.8 Å². The quantitative estimate of drug-likeness (QED) is 0.187. The maximum absolute atomic E-state index is 13.3. The summed E-state index contributed by atoms with van der Waals surface area (Å²) in [5.41, 5.74) is 2.93. The first-order chi connectivity index (χ1) is 20.7. The van der Waals surface area contributed by atoms with Gasteiger partial charge in [0.25, 0.3) is 0 Å². The Morgan fingerprint density at radius 1 is 0.953 bits per heavy atom. The van der Waals surface area contributed by atoms with Crippen LogP contribution in [0.2, 0.25) is 0 Å². The fraction of sp³-hybridized carbons (Fsp3) is 0.200. The van der Waals surface area contributed by atoms with Crippen molar-refractivity contribution in [2.24, 2.45) is 0 Å². The minimum absolute atomic E-state index is 0.0399. The van der Waals surface area contributed by atoms with Gasteiger partial charge in [0.2, 0.25) is 5.95 Å². The van der Waals surface area contributed by atoms with Crippen molar-refractivity contribution < 1.29 is 22.7 Å². The lowest BCUT2D eigenvalue weighted by atomic mass is 10.1. The summed E-state index contributed by atoms with van der Waals surface area (Å²) in [5.74, 6) is 1.30. The molecule has 220 valence electrons. The Balaban J connectivity index is 1.17. The lowest BCUT2D eigenvalue weighted by Crippen LogP contribution is -2.36. The summed E-state index contributed by atoms with van der Waals surface area (Å²) in [6, 6.07) is 14.0. The molecule has 2 aromatic carbocycles. The summed E-state index contributed by atoms with van der Waals surface area (Å²) < 4.78 is 46.1. The highest BCUT2D eigenvalue weighted by atomic mass is 32.1. The largest absolute Gasteiger partial charge is 0.416 e. The Morgan fingerprint density at radius 2 is 1.72 bits per heavy atom. The van der Waals surface area contributed by atoms with Crippen LogP contribution in [0.3, 0.4) is 0 Å². The molecule has 3 aromatic heterocycles. The van der Waals surface area contributed by atoms with Crippen molar-refractivity contribution in [2.45, 2.75) is 13.1 Å². The number of pyridine rings is 1. The first kappa shape index (κ1) is 28.4. The van der Waals surface area contributed by atoms with E-state index in [-0.39, 0.29) is 11.3 Å². The average Bonchev–Trinajstić information content (AvgIpc) is 3.42. The number of ether oxygens (including phenoxy) is 1. The number of anilines is 5. The first-order valence-corrected chi connectivity index (χ1v) is 14.3. The van der Waals surface area contributed by atoms with Crippen LogP contribution in [-0.2, 0) is 10.9 Å². The van der Waals surface area contributed by atoms with Gasteiger partial charge in [-0.25, -0.2) is 19.7 Å². The van der Waals surface area contributed by atoms with E-state index in [1.165, 1.54) is 30.4 Å². The Bertz CT molecular complexity index is 1770. The Morgan fingerprint density at radius 3 is 2.47 bits per heavy atom. The minimum Gasteiger partial charge on any atom is -0.378 e. The molecule has 1 saturated heterocycles. The number of hydrogen-bond acceptors (Lipinski definition) is 8. The second kappa shape index (κ2) is 11.9. The van der Waals surface area contributed by atoms with Crippen LogP contribution >= 0.6 is 11.3 Å². The molecule has 0 bridgehead atoms. The van der Waals surface area contributed by atoms with Gasteiger partial charge in [-0.1, -0.05) is 18.2 Å². The lowest BCUT2D eigenvalue weighted by molar-refractivity contribution is -0.138. The number of alkyl halides is 3. The van der Waals surface area contributed by atoms with E-state index >= 15 is 0 Å². The van der Waals surface area contributed by atoms with Gasteiger partial charge in [0.1, 0.15) is 5.82 Å². The van der Waals surface area contributed by atoms with Crippen molar-refractivity contribution in [1.82, 2.24) is 15.0 Å². The number of morpholine rings is 1. The third-order valence-corrected chi connectivity index (χ3v) is 7.79. The highest BCUT2D eigenvalue weighted by Gasteiger charge is 2.32. The molecule has 6 rings (SSSR count). The number of nitrogens with zero attached hydrogens (tertiary/aromatic N) is 4. The van der Waals surface area contributed by atoms with Crippen LogP contribution in [0.5, 0.6) is 0 Å². The van der Waals surface area contributed by atoms with Crippen LogP contribution < -0.4 is 20.9 Å². The fourth-order valence-electron chi connectivity index (χ4n) is 4.72. The van der Waals surface area contributed by atoms with Crippen LogP contribution in [0.1, 0.15) is 11.1 Å². The number of rotatable bonds is 6. The number of benzene rings is 2. The molecule has 2 amide bonds. The predicted molar refractivity (Wildman–Crippen MR) is 162 cm³/mol. The van der Waals surface area contributed by atoms with Gasteiger partial charge in [-0.05, 0) is 54.4 Å². The molecule has 0 unspecified atom stereocenters. The molecule has 13 heteroatoms. The molecule has 0 atom stereocenters. The zero-order valence-electron chi connectivity index (χ0n) is 22.9. The Labute approximate surface area is 248 Å². The van der Waals surface area contributed by atoms with Crippen LogP contribution in [0.25, 0.3) is 21.3 Å². The zero-order chi connectivity index (χ0) is 30.0. The lowest BCUT2D eigenvalue weighted by Gasteiger charge is -2.27. The smallest absolute Gasteiger partial charge is 0.378 e. The molecule has 43 heavy (non-hydrogen) atoms. The van der Waals surface area contributed by atoms with Gasteiger partial charge in [-0.15, -0.1) is 11.3 Å². The molecule has 9 nitrogen and oxygen atoms in total. The van der Waals surface area contributed by atoms with E-state index in [0.717, 1.165) is 52.0 Å². The van der Waals surface area contributed by atoms with Crippen LogP contribution in [0.15, 0.2) is 72.4 Å². The number of thiophene rings is 1. The summed E-state index contributed by atoms with van der Waals surface area (Å²) in [6.45, 7) is 4.35. The van der Waals surface area contributed by atoms with Crippen molar-refractivity contribution in [2.75, 3.05) is 47.2 Å². The number of aryl methyl sites for hydroxylation is 1. The number of halogens is 3. The van der Waals surface area contributed by atoms with Crippen molar-refractivity contribution in [3.05, 3.63) is 83.5 Å². The van der Waals surface area contributed by atoms with Crippen molar-refractivity contribution in [1.29, 1.82) is 0 Å². The minimum atomic E-state index is -4.51. The van der Waals surface area contributed by atoms with Gasteiger partial charge in [-0.3, -0.25) is 0 Å². The summed E-state index contributed by atoms with van der Waals surface area (Å²) in [4.78, 5) is 28.5. The second-order valence-corrected chi connectivity index (χ2v) is 10.8. The molecule has 3 N–H and O–H groups in total. The fourth-order valence-corrected chi connectivity index (χ4v) is 5.60. The number of amides is 2. The maximum atomic E-state index is 13.3. The molecule has 0 radical (unpaired) electrons. The molecule has 0 aliphatic carbocycles. The molecule has 0 saturated carbocycles. The molecule has 1 aliphatic heterocycles. The van der Waals surface area contributed by atoms with Gasteiger partial charge in [0, 0.05) is 35.4 Å². The van der Waals surface area contributed by atoms with E-state index in [2.05, 4.69) is 30.8 Å². The standard InChI is InChI=1S/C30H26F3N7O2S/c1-18-5-6-21(14-24(18)30(31,32)33)38-29(41)37-20-4-2-3-19(13-20)23-17-43-25-16-35-28(39-27(23)25)36-22-7-8-26(34-15-22)40-9-11-42-12-10-40/h2-8,13-17H,9-12H2,1H3,(H,35,36,39)(H2,37,38,41). The molecule has 4 heterocycles. The highest BCUT2D eigenvalue weighted by Crippen LogP contribution is 2.35. The van der Waals surface area contributed by atoms with E-state index in [1.54, 1.807) is 30.6 Å². The zero-order valence-corrected chi connectivity index (χ0v) is 23.7. The van der Waals surface area contributed by atoms with Gasteiger partial charge < -0.3 is 25.6 Å². The van der Waals surface area contributed by atoms with E-state index in [9.17, 15) is 18.0 Å². The Hall–Kier alpha value is -4.75. The van der Waals surface area contributed by atoms with E-state index in [0.29, 0.717) is 24.8 Å². The van der Waals surface area contributed by atoms with Crippen molar-refractivity contribution >= 4 is 56.4 Å². The number of nitrogens with one attached hydrogen (secondary N) is 3. The Kier molecular flexibility index (Phi) is 7.82. The van der Waals surface area contributed by atoms with Crippen molar-refractivity contribution in [3.63, 3.8) is 0 Å². The molecular weight excluding hydrogens is 579 g/mol. The first-order valence-electron chi connectivity index (χ1n) is 13.4. The highest BCUT2D eigenvalue weighted by molar-refractivity contribution is 7.17. The van der Waals surface area contributed by atoms with Gasteiger partial charge in [-0.2, -0.15) is 13.2 Å². The molecule has 5 aromatic rings. The third-order valence-electron chi connectivity index (χ3n) is 6.89. The number of aromatic nitrogens is 3. The summed E-state index contributed by atoms with van der Waals surface area (Å²) in [7, 11) is 0. The molecule has 1 aliphatic rings. The average molecular weight is 606 g/mol. The van der Waals surface area contributed by atoms with E-state index in [1.807, 2.05) is 23.6 Å². The van der Waals surface area contributed by atoms with Gasteiger partial charge >= 0.3 is 12.2 Å². The third kappa shape index (κ3) is 6.52. The van der Waals surface area contributed by atoms with Crippen LogP contribution in [0, 0.1) is 6.92 Å². The van der Waals surface area contributed by atoms with Gasteiger partial charge in [0.05, 0.1) is 47.1 Å². The molecule has 1 fully saturated rings.